The van der Waals surface area contributed by atoms with E-state index >= 15 is 0 Å². The number of aromatic nitrogens is 2. The summed E-state index contributed by atoms with van der Waals surface area (Å²) in [6.07, 6.45) is 8.91. The molecule has 3 rings (SSSR count). The Labute approximate surface area is 119 Å². The molecular formula is C16H19N3O. The smallest absolute Gasteiger partial charge is 0.137 e. The number of rotatable bonds is 7. The minimum atomic E-state index is 0.646. The van der Waals surface area contributed by atoms with Crippen molar-refractivity contribution in [3.05, 3.63) is 54.1 Å². The van der Waals surface area contributed by atoms with Crippen LogP contribution in [0.15, 0.2) is 42.9 Å². The van der Waals surface area contributed by atoms with Gasteiger partial charge in [-0.25, -0.2) is 0 Å². The first-order valence-electron chi connectivity index (χ1n) is 7.10. The molecule has 0 spiro atoms. The van der Waals surface area contributed by atoms with E-state index in [1.54, 1.807) is 12.4 Å². The van der Waals surface area contributed by atoms with E-state index in [2.05, 4.69) is 21.4 Å². The Balaban J connectivity index is 1.43. The van der Waals surface area contributed by atoms with Gasteiger partial charge in [0.2, 0.25) is 0 Å². The fraction of sp³-hybridized carbons (Fsp3) is 0.375. The molecule has 0 unspecified atom stereocenters. The van der Waals surface area contributed by atoms with Crippen molar-refractivity contribution in [3.63, 3.8) is 0 Å². The van der Waals surface area contributed by atoms with Gasteiger partial charge in [-0.15, -0.1) is 0 Å². The number of hydrogen-bond donors (Lipinski definition) is 1. The second-order valence-electron chi connectivity index (χ2n) is 5.10. The van der Waals surface area contributed by atoms with Gasteiger partial charge < -0.3 is 10.1 Å². The largest absolute Gasteiger partial charge is 0.492 e. The summed E-state index contributed by atoms with van der Waals surface area (Å²) in [5, 5.41) is 3.45. The van der Waals surface area contributed by atoms with E-state index in [4.69, 9.17) is 4.74 Å². The zero-order valence-corrected chi connectivity index (χ0v) is 11.5. The monoisotopic (exact) mass is 269 g/mol. The lowest BCUT2D eigenvalue weighted by molar-refractivity contribution is 0.320. The minimum absolute atomic E-state index is 0.646. The average Bonchev–Trinajstić information content (AvgIpc) is 3.32. The second-order valence-corrected chi connectivity index (χ2v) is 5.10. The van der Waals surface area contributed by atoms with E-state index in [1.165, 1.54) is 18.4 Å². The topological polar surface area (TPSA) is 47.0 Å². The average molecular weight is 269 g/mol. The van der Waals surface area contributed by atoms with Gasteiger partial charge in [-0.3, -0.25) is 9.97 Å². The first kappa shape index (κ1) is 13.1. The van der Waals surface area contributed by atoms with Gasteiger partial charge in [0, 0.05) is 31.4 Å². The van der Waals surface area contributed by atoms with Gasteiger partial charge in [0.1, 0.15) is 5.75 Å². The number of nitrogens with zero attached hydrogens (tertiary/aromatic N) is 2. The van der Waals surface area contributed by atoms with Crippen LogP contribution in [-0.4, -0.2) is 22.6 Å². The van der Waals surface area contributed by atoms with Crippen LogP contribution in [0.25, 0.3) is 0 Å². The van der Waals surface area contributed by atoms with Crippen LogP contribution in [0.1, 0.15) is 24.1 Å². The summed E-state index contributed by atoms with van der Waals surface area (Å²) in [6, 6.07) is 8.72. The molecule has 104 valence electrons. The summed E-state index contributed by atoms with van der Waals surface area (Å²) in [7, 11) is 0. The Bertz CT molecular complexity index is 523. The highest BCUT2D eigenvalue weighted by Gasteiger charge is 2.19. The Hall–Kier alpha value is -1.94. The molecule has 2 heterocycles. The van der Waals surface area contributed by atoms with Crippen molar-refractivity contribution in [2.45, 2.75) is 31.8 Å². The second kappa shape index (κ2) is 6.48. The van der Waals surface area contributed by atoms with Gasteiger partial charge in [-0.1, -0.05) is 6.07 Å². The molecule has 0 atom stereocenters. The Morgan fingerprint density at radius 3 is 2.85 bits per heavy atom. The fourth-order valence-corrected chi connectivity index (χ4v) is 1.97. The predicted octanol–water partition coefficient (Wildman–Crippen LogP) is 2.35. The van der Waals surface area contributed by atoms with Crippen LogP contribution < -0.4 is 10.1 Å². The molecule has 2 aromatic heterocycles. The van der Waals surface area contributed by atoms with Gasteiger partial charge in [0.05, 0.1) is 18.5 Å². The Morgan fingerprint density at radius 2 is 2.15 bits per heavy atom. The van der Waals surface area contributed by atoms with Gasteiger partial charge in [-0.2, -0.15) is 0 Å². The summed E-state index contributed by atoms with van der Waals surface area (Å²) in [6.45, 7) is 1.49. The summed E-state index contributed by atoms with van der Waals surface area (Å²) >= 11 is 0. The van der Waals surface area contributed by atoms with E-state index in [9.17, 15) is 0 Å². The summed E-state index contributed by atoms with van der Waals surface area (Å²) in [5.41, 5.74) is 2.25. The van der Waals surface area contributed by atoms with E-state index in [1.807, 2.05) is 24.4 Å². The highest BCUT2D eigenvalue weighted by Crippen LogP contribution is 2.19. The molecule has 1 aliphatic rings. The molecule has 1 N–H and O–H groups in total. The van der Waals surface area contributed by atoms with Gasteiger partial charge in [0.25, 0.3) is 0 Å². The third kappa shape index (κ3) is 4.03. The highest BCUT2D eigenvalue weighted by atomic mass is 16.5. The normalized spacial score (nSPS) is 14.2. The van der Waals surface area contributed by atoms with Gasteiger partial charge in [-0.05, 0) is 36.6 Å². The van der Waals surface area contributed by atoms with Crippen LogP contribution >= 0.6 is 0 Å². The molecule has 0 saturated heterocycles. The SMILES string of the molecule is c1cncc(CCOc2ccc(CNC3CC3)nc2)c1. The fourth-order valence-electron chi connectivity index (χ4n) is 1.97. The van der Waals surface area contributed by atoms with Crippen LogP contribution in [-0.2, 0) is 13.0 Å². The van der Waals surface area contributed by atoms with Crippen LogP contribution in [0.4, 0.5) is 0 Å². The lowest BCUT2D eigenvalue weighted by atomic mass is 10.2. The minimum Gasteiger partial charge on any atom is -0.492 e. The molecule has 0 radical (unpaired) electrons. The lowest BCUT2D eigenvalue weighted by Crippen LogP contribution is -2.16. The van der Waals surface area contributed by atoms with Crippen LogP contribution in [0.3, 0.4) is 0 Å². The van der Waals surface area contributed by atoms with E-state index in [-0.39, 0.29) is 0 Å². The summed E-state index contributed by atoms with van der Waals surface area (Å²) in [4.78, 5) is 8.49. The Kier molecular flexibility index (Phi) is 4.23. The molecule has 0 bridgehead atoms. The lowest BCUT2D eigenvalue weighted by Gasteiger charge is -2.07. The third-order valence-electron chi connectivity index (χ3n) is 3.33. The highest BCUT2D eigenvalue weighted by molar-refractivity contribution is 5.20. The van der Waals surface area contributed by atoms with Crippen molar-refractivity contribution in [1.82, 2.24) is 15.3 Å². The molecule has 1 fully saturated rings. The number of ether oxygens (including phenoxy) is 1. The number of hydrogen-bond acceptors (Lipinski definition) is 4. The van der Waals surface area contributed by atoms with Gasteiger partial charge >= 0.3 is 0 Å². The summed E-state index contributed by atoms with van der Waals surface area (Å²) < 4.78 is 5.69. The van der Waals surface area contributed by atoms with E-state index in [0.717, 1.165) is 24.4 Å². The maximum absolute atomic E-state index is 5.69. The quantitative estimate of drug-likeness (QED) is 0.838. The third-order valence-corrected chi connectivity index (χ3v) is 3.33. The van der Waals surface area contributed by atoms with Crippen molar-refractivity contribution in [1.29, 1.82) is 0 Å². The molecule has 0 aromatic carbocycles. The number of pyridine rings is 2. The molecule has 1 saturated carbocycles. The van der Waals surface area contributed by atoms with Crippen LogP contribution in [0.2, 0.25) is 0 Å². The van der Waals surface area contributed by atoms with E-state index in [0.29, 0.717) is 12.6 Å². The molecule has 1 aliphatic carbocycles. The molecule has 4 nitrogen and oxygen atoms in total. The van der Waals surface area contributed by atoms with Crippen molar-refractivity contribution in [3.8, 4) is 5.75 Å². The first-order valence-corrected chi connectivity index (χ1v) is 7.10. The predicted molar refractivity (Wildman–Crippen MR) is 77.5 cm³/mol. The van der Waals surface area contributed by atoms with Crippen molar-refractivity contribution < 1.29 is 4.74 Å². The maximum Gasteiger partial charge on any atom is 0.137 e. The van der Waals surface area contributed by atoms with Crippen LogP contribution in [0.5, 0.6) is 5.75 Å². The van der Waals surface area contributed by atoms with Crippen molar-refractivity contribution in [2.24, 2.45) is 0 Å². The van der Waals surface area contributed by atoms with E-state index < -0.39 is 0 Å². The van der Waals surface area contributed by atoms with Crippen molar-refractivity contribution in [2.75, 3.05) is 6.61 Å². The zero-order chi connectivity index (χ0) is 13.6. The maximum atomic E-state index is 5.69. The number of nitrogens with one attached hydrogen (secondary N) is 1. The molecule has 0 amide bonds. The zero-order valence-electron chi connectivity index (χ0n) is 11.5. The first-order chi connectivity index (χ1) is 9.90. The summed E-state index contributed by atoms with van der Waals surface area (Å²) in [5.74, 6) is 0.823. The molecular weight excluding hydrogens is 250 g/mol. The molecule has 2 aromatic rings. The molecule has 0 aliphatic heterocycles. The van der Waals surface area contributed by atoms with Crippen molar-refractivity contribution >= 4 is 0 Å². The van der Waals surface area contributed by atoms with Crippen LogP contribution in [0, 0.1) is 0 Å². The van der Waals surface area contributed by atoms with Gasteiger partial charge in [0.15, 0.2) is 0 Å². The molecule has 20 heavy (non-hydrogen) atoms. The molecule has 4 heteroatoms. The standard InChI is InChI=1S/C16H19N3O/c1-2-13(10-17-8-1)7-9-20-16-6-5-15(19-12-16)11-18-14-3-4-14/h1-2,5-6,8,10,12,14,18H,3-4,7,9,11H2. The Morgan fingerprint density at radius 1 is 1.20 bits per heavy atom.